The maximum absolute atomic E-state index is 12.7. The molecule has 1 fully saturated rings. The number of aliphatic hydroxyl groups excluding tert-OH is 2. The predicted octanol–water partition coefficient (Wildman–Crippen LogP) is 6.39. The van der Waals surface area contributed by atoms with Crippen molar-refractivity contribution in [2.75, 3.05) is 13.1 Å². The molecule has 3 rings (SSSR count). The van der Waals surface area contributed by atoms with Crippen LogP contribution in [0.15, 0.2) is 48.1 Å². The third kappa shape index (κ3) is 8.59. The first-order valence-electron chi connectivity index (χ1n) is 14.5. The number of nitrogens with zero attached hydrogens (tertiary/aromatic N) is 1. The van der Waals surface area contributed by atoms with Gasteiger partial charge in [-0.05, 0) is 69.3 Å². The fourth-order valence-electron chi connectivity index (χ4n) is 6.04. The normalized spacial score (nSPS) is 24.2. The van der Waals surface area contributed by atoms with E-state index < -0.39 is 6.10 Å². The number of unbranched alkanes of at least 4 members (excludes halogenated alkanes) is 3. The van der Waals surface area contributed by atoms with E-state index in [1.165, 1.54) is 11.1 Å². The molecule has 1 aromatic rings. The Morgan fingerprint density at radius 1 is 1.14 bits per heavy atom. The summed E-state index contributed by atoms with van der Waals surface area (Å²) in [6.07, 6.45) is 16.2. The molecule has 1 amide bonds. The van der Waals surface area contributed by atoms with Crippen LogP contribution in [-0.4, -0.2) is 46.3 Å². The lowest BCUT2D eigenvalue weighted by atomic mass is 9.88. The first kappa shape index (κ1) is 28.7. The van der Waals surface area contributed by atoms with Crippen molar-refractivity contribution in [2.24, 2.45) is 17.8 Å². The Morgan fingerprint density at radius 2 is 1.89 bits per heavy atom. The van der Waals surface area contributed by atoms with Gasteiger partial charge in [0.2, 0.25) is 5.91 Å². The fraction of sp³-hybridized carbons (Fsp3) is 0.656. The van der Waals surface area contributed by atoms with Crippen LogP contribution in [0.1, 0.15) is 89.2 Å². The van der Waals surface area contributed by atoms with Crippen LogP contribution in [0.25, 0.3) is 0 Å². The minimum Gasteiger partial charge on any atom is -0.392 e. The van der Waals surface area contributed by atoms with Crippen molar-refractivity contribution in [1.82, 2.24) is 4.90 Å². The molecule has 0 unspecified atom stereocenters. The minimum absolute atomic E-state index is 0.114. The molecule has 2 aliphatic carbocycles. The number of aryl methyl sites for hydroxylation is 1. The summed E-state index contributed by atoms with van der Waals surface area (Å²) >= 11 is 0. The van der Waals surface area contributed by atoms with E-state index in [9.17, 15) is 15.0 Å². The molecule has 36 heavy (non-hydrogen) atoms. The third-order valence-corrected chi connectivity index (χ3v) is 8.09. The van der Waals surface area contributed by atoms with Crippen molar-refractivity contribution in [3.05, 3.63) is 59.2 Å². The van der Waals surface area contributed by atoms with Crippen molar-refractivity contribution < 1.29 is 15.0 Å². The van der Waals surface area contributed by atoms with Crippen LogP contribution in [-0.2, 0) is 11.2 Å². The Balaban J connectivity index is 1.42. The van der Waals surface area contributed by atoms with Gasteiger partial charge in [0.1, 0.15) is 0 Å². The molecule has 0 spiro atoms. The van der Waals surface area contributed by atoms with Crippen LogP contribution in [0.3, 0.4) is 0 Å². The van der Waals surface area contributed by atoms with Gasteiger partial charge in [0.05, 0.1) is 12.2 Å². The maximum atomic E-state index is 12.7. The summed E-state index contributed by atoms with van der Waals surface area (Å²) in [7, 11) is 0. The van der Waals surface area contributed by atoms with Gasteiger partial charge in [-0.2, -0.15) is 0 Å². The molecule has 0 heterocycles. The molecule has 4 heteroatoms. The lowest BCUT2D eigenvalue weighted by molar-refractivity contribution is -0.131. The summed E-state index contributed by atoms with van der Waals surface area (Å²) in [6.45, 7) is 8.24. The predicted molar refractivity (Wildman–Crippen MR) is 149 cm³/mol. The number of hydrogen-bond donors (Lipinski definition) is 2. The molecule has 0 radical (unpaired) electrons. The van der Waals surface area contributed by atoms with E-state index in [0.29, 0.717) is 30.6 Å². The van der Waals surface area contributed by atoms with Gasteiger partial charge in [0.25, 0.3) is 0 Å². The molecule has 0 bridgehead atoms. The fourth-order valence-corrected chi connectivity index (χ4v) is 6.04. The number of rotatable bonds is 15. The van der Waals surface area contributed by atoms with Gasteiger partial charge < -0.3 is 15.1 Å². The second kappa shape index (κ2) is 14.7. The van der Waals surface area contributed by atoms with Crippen molar-refractivity contribution in [3.8, 4) is 0 Å². The SMILES string of the molecule is CCCCN(CCCC)C(=O)CCCCC1=C[C@H]2C[C@@H](O)[C@H](/C=C/[C@H](O)Cc3cccc(C)c3)[C@H]2C1. The lowest BCUT2D eigenvalue weighted by Gasteiger charge is -2.22. The molecule has 2 N–H and O–H groups in total. The summed E-state index contributed by atoms with van der Waals surface area (Å²) in [6, 6.07) is 8.27. The number of aliphatic hydroxyl groups is 2. The van der Waals surface area contributed by atoms with Gasteiger partial charge >= 0.3 is 0 Å². The second-order valence-corrected chi connectivity index (χ2v) is 11.2. The van der Waals surface area contributed by atoms with Crippen molar-refractivity contribution in [1.29, 1.82) is 0 Å². The quantitative estimate of drug-likeness (QED) is 0.219. The number of fused-ring (bicyclic) bond motifs is 1. The molecule has 0 aliphatic heterocycles. The van der Waals surface area contributed by atoms with Crippen LogP contribution in [0.5, 0.6) is 0 Å². The molecule has 200 valence electrons. The first-order chi connectivity index (χ1) is 17.4. The van der Waals surface area contributed by atoms with E-state index in [1.807, 2.05) is 12.1 Å². The zero-order chi connectivity index (χ0) is 25.9. The van der Waals surface area contributed by atoms with Crippen LogP contribution in [0, 0.1) is 24.7 Å². The number of carbonyl (C=O) groups excluding carboxylic acids is 1. The van der Waals surface area contributed by atoms with E-state index in [4.69, 9.17) is 0 Å². The minimum atomic E-state index is -0.529. The highest BCUT2D eigenvalue weighted by atomic mass is 16.3. The topological polar surface area (TPSA) is 60.8 Å². The van der Waals surface area contributed by atoms with E-state index in [-0.39, 0.29) is 12.0 Å². The Morgan fingerprint density at radius 3 is 2.58 bits per heavy atom. The average molecular weight is 496 g/mol. The Bertz CT molecular complexity index is 868. The highest BCUT2D eigenvalue weighted by Crippen LogP contribution is 2.48. The van der Waals surface area contributed by atoms with Gasteiger partial charge in [0, 0.05) is 31.8 Å². The monoisotopic (exact) mass is 495 g/mol. The summed E-state index contributed by atoms with van der Waals surface area (Å²) in [4.78, 5) is 14.8. The summed E-state index contributed by atoms with van der Waals surface area (Å²) in [5.41, 5.74) is 3.84. The molecule has 5 atom stereocenters. The molecule has 0 saturated heterocycles. The zero-order valence-electron chi connectivity index (χ0n) is 22.9. The summed E-state index contributed by atoms with van der Waals surface area (Å²) in [5, 5.41) is 21.2. The number of amides is 1. The van der Waals surface area contributed by atoms with Crippen LogP contribution < -0.4 is 0 Å². The van der Waals surface area contributed by atoms with E-state index in [0.717, 1.165) is 76.4 Å². The molecule has 2 aliphatic rings. The Kier molecular flexibility index (Phi) is 11.7. The number of allylic oxidation sites excluding steroid dienone is 2. The Labute approximate surface area is 219 Å². The maximum Gasteiger partial charge on any atom is 0.222 e. The van der Waals surface area contributed by atoms with E-state index in [1.54, 1.807) is 0 Å². The zero-order valence-corrected chi connectivity index (χ0v) is 22.9. The molecule has 0 aromatic heterocycles. The van der Waals surface area contributed by atoms with Crippen LogP contribution in [0.2, 0.25) is 0 Å². The largest absolute Gasteiger partial charge is 0.392 e. The molecule has 1 saturated carbocycles. The molecule has 4 nitrogen and oxygen atoms in total. The number of benzene rings is 1. The van der Waals surface area contributed by atoms with Gasteiger partial charge in [-0.3, -0.25) is 4.79 Å². The molecule has 1 aromatic carbocycles. The number of carbonyl (C=O) groups is 1. The lowest BCUT2D eigenvalue weighted by Crippen LogP contribution is -2.32. The van der Waals surface area contributed by atoms with E-state index >= 15 is 0 Å². The van der Waals surface area contributed by atoms with Gasteiger partial charge in [-0.15, -0.1) is 0 Å². The first-order valence-corrected chi connectivity index (χ1v) is 14.5. The van der Waals surface area contributed by atoms with Crippen molar-refractivity contribution >= 4 is 5.91 Å². The smallest absolute Gasteiger partial charge is 0.222 e. The van der Waals surface area contributed by atoms with E-state index in [2.05, 4.69) is 56.0 Å². The van der Waals surface area contributed by atoms with Crippen LogP contribution >= 0.6 is 0 Å². The number of hydrogen-bond acceptors (Lipinski definition) is 3. The highest BCUT2D eigenvalue weighted by molar-refractivity contribution is 5.76. The van der Waals surface area contributed by atoms with Gasteiger partial charge in [-0.25, -0.2) is 0 Å². The molecular formula is C32H49NO3. The van der Waals surface area contributed by atoms with Gasteiger partial charge in [-0.1, -0.05) is 80.3 Å². The summed E-state index contributed by atoms with van der Waals surface area (Å²) < 4.78 is 0. The van der Waals surface area contributed by atoms with Crippen LogP contribution in [0.4, 0.5) is 0 Å². The highest BCUT2D eigenvalue weighted by Gasteiger charge is 2.43. The average Bonchev–Trinajstić information content (AvgIpc) is 3.36. The van der Waals surface area contributed by atoms with Crippen molar-refractivity contribution in [3.63, 3.8) is 0 Å². The third-order valence-electron chi connectivity index (χ3n) is 8.09. The second-order valence-electron chi connectivity index (χ2n) is 11.2. The standard InChI is InChI=1S/C32H49NO3/c1-4-6-17-33(18-7-5-2)32(36)14-9-8-12-26-20-27-23-31(35)29(30(27)22-26)16-15-28(34)21-25-13-10-11-24(3)19-25/h10-11,13,15-16,19-20,27-31,34-35H,4-9,12,14,17-18,21-23H2,1-3H3/b16-15+/t27-,28-,29+,30-,31+/m0/s1. The molecular weight excluding hydrogens is 446 g/mol. The summed E-state index contributed by atoms with van der Waals surface area (Å²) in [5.74, 6) is 1.33. The Hall–Kier alpha value is -1.91. The van der Waals surface area contributed by atoms with Gasteiger partial charge in [0.15, 0.2) is 0 Å². The van der Waals surface area contributed by atoms with Crippen molar-refractivity contribution in [2.45, 2.75) is 104 Å².